The number of rotatable bonds is 2. The van der Waals surface area contributed by atoms with E-state index in [2.05, 4.69) is 15.9 Å². The molecule has 108 valence electrons. The Morgan fingerprint density at radius 3 is 2.10 bits per heavy atom. The van der Waals surface area contributed by atoms with Crippen LogP contribution in [-0.4, -0.2) is 24.6 Å². The van der Waals surface area contributed by atoms with Gasteiger partial charge in [0.25, 0.3) is 0 Å². The predicted molar refractivity (Wildman–Crippen MR) is 75.2 cm³/mol. The highest BCUT2D eigenvalue weighted by atomic mass is 79.9. The maximum atomic E-state index is 14.1. The molecule has 0 N–H and O–H groups in total. The molecule has 1 aliphatic rings. The van der Waals surface area contributed by atoms with Gasteiger partial charge in [0, 0.05) is 9.94 Å². The first-order valence-electron chi connectivity index (χ1n) is 6.09. The van der Waals surface area contributed by atoms with Crippen molar-refractivity contribution in [3.05, 3.63) is 27.7 Å². The Balaban J connectivity index is 2.49. The number of hydrogen-bond donors (Lipinski definition) is 0. The highest BCUT2D eigenvalue weighted by molar-refractivity contribution is 9.10. The normalized spacial score (nSPS) is 20.2. The van der Waals surface area contributed by atoms with Crippen molar-refractivity contribution in [2.24, 2.45) is 0 Å². The summed E-state index contributed by atoms with van der Waals surface area (Å²) in [4.78, 5) is 10.7. The van der Waals surface area contributed by atoms with Crippen LogP contribution >= 0.6 is 15.9 Å². The molecule has 3 nitrogen and oxygen atoms in total. The predicted octanol–water partition coefficient (Wildman–Crippen LogP) is 2.84. The van der Waals surface area contributed by atoms with Crippen molar-refractivity contribution in [3.8, 4) is 0 Å². The SMILES string of the molecule is CC1(C)OB(c2cc(Br)c(C=O)c(F)c2F)OC1(C)C. The third-order valence-corrected chi connectivity index (χ3v) is 4.50. The van der Waals surface area contributed by atoms with E-state index < -0.39 is 30.0 Å². The maximum Gasteiger partial charge on any atom is 0.498 e. The van der Waals surface area contributed by atoms with Crippen LogP contribution in [0.15, 0.2) is 10.5 Å². The fourth-order valence-electron chi connectivity index (χ4n) is 1.88. The zero-order valence-electron chi connectivity index (χ0n) is 11.6. The van der Waals surface area contributed by atoms with Crippen LogP contribution in [0.2, 0.25) is 0 Å². The summed E-state index contributed by atoms with van der Waals surface area (Å²) in [7, 11) is -1.02. The first-order chi connectivity index (χ1) is 9.10. The minimum absolute atomic E-state index is 0.0707. The average Bonchev–Trinajstić information content (AvgIpc) is 2.54. The van der Waals surface area contributed by atoms with Crippen molar-refractivity contribution in [2.45, 2.75) is 38.9 Å². The van der Waals surface area contributed by atoms with Gasteiger partial charge < -0.3 is 9.31 Å². The van der Waals surface area contributed by atoms with Crippen LogP contribution in [0.1, 0.15) is 38.1 Å². The molecule has 1 aromatic rings. The van der Waals surface area contributed by atoms with Crippen LogP contribution < -0.4 is 5.46 Å². The Kier molecular flexibility index (Phi) is 3.82. The van der Waals surface area contributed by atoms with Gasteiger partial charge in [-0.05, 0) is 49.7 Å². The summed E-state index contributed by atoms with van der Waals surface area (Å²) in [6.45, 7) is 7.26. The van der Waals surface area contributed by atoms with Crippen LogP contribution in [0, 0.1) is 11.6 Å². The number of benzene rings is 1. The lowest BCUT2D eigenvalue weighted by molar-refractivity contribution is 0.00578. The van der Waals surface area contributed by atoms with Crippen LogP contribution in [0.3, 0.4) is 0 Å². The van der Waals surface area contributed by atoms with Gasteiger partial charge in [0.15, 0.2) is 17.9 Å². The Morgan fingerprint density at radius 1 is 1.15 bits per heavy atom. The molecule has 0 bridgehead atoms. The minimum atomic E-state index is -1.21. The second-order valence-corrected chi connectivity index (χ2v) is 6.55. The molecule has 0 atom stereocenters. The van der Waals surface area contributed by atoms with E-state index in [4.69, 9.17) is 9.31 Å². The lowest BCUT2D eigenvalue weighted by Crippen LogP contribution is -2.41. The lowest BCUT2D eigenvalue weighted by atomic mass is 9.78. The average molecular weight is 347 g/mol. The van der Waals surface area contributed by atoms with Gasteiger partial charge in [-0.3, -0.25) is 4.79 Å². The molecule has 0 unspecified atom stereocenters. The van der Waals surface area contributed by atoms with Crippen LogP contribution in [0.5, 0.6) is 0 Å². The molecule has 0 aromatic heterocycles. The van der Waals surface area contributed by atoms with Crippen molar-refractivity contribution in [1.29, 1.82) is 0 Å². The standard InChI is InChI=1S/C13H14BBrF2O3/c1-12(2)13(3,4)20-14(19-12)8-5-9(15)7(6-18)10(16)11(8)17/h5-6H,1-4H3. The van der Waals surface area contributed by atoms with Gasteiger partial charge in [-0.2, -0.15) is 0 Å². The fraction of sp³-hybridized carbons (Fsp3) is 0.462. The topological polar surface area (TPSA) is 35.5 Å². The van der Waals surface area contributed by atoms with Gasteiger partial charge in [0.05, 0.1) is 16.8 Å². The van der Waals surface area contributed by atoms with Gasteiger partial charge in [-0.25, -0.2) is 8.78 Å². The minimum Gasteiger partial charge on any atom is -0.399 e. The molecule has 0 saturated carbocycles. The molecule has 1 heterocycles. The molecule has 0 aliphatic carbocycles. The molecule has 2 rings (SSSR count). The zero-order valence-corrected chi connectivity index (χ0v) is 13.2. The fourth-order valence-corrected chi connectivity index (χ4v) is 2.39. The Morgan fingerprint density at radius 2 is 1.65 bits per heavy atom. The van der Waals surface area contributed by atoms with Gasteiger partial charge in [0.1, 0.15) is 0 Å². The van der Waals surface area contributed by atoms with Crippen molar-refractivity contribution in [3.63, 3.8) is 0 Å². The number of carbonyl (C=O) groups excluding carboxylic acids is 1. The van der Waals surface area contributed by atoms with Crippen LogP contribution in [0.4, 0.5) is 8.78 Å². The summed E-state index contributed by atoms with van der Waals surface area (Å²) < 4.78 is 39.4. The second-order valence-electron chi connectivity index (χ2n) is 5.70. The second kappa shape index (κ2) is 4.89. The third kappa shape index (κ3) is 2.32. The summed E-state index contributed by atoms with van der Waals surface area (Å²) in [5, 5.41) is 0. The van der Waals surface area contributed by atoms with Crippen LogP contribution in [0.25, 0.3) is 0 Å². The van der Waals surface area contributed by atoms with Gasteiger partial charge >= 0.3 is 7.12 Å². The van der Waals surface area contributed by atoms with E-state index in [1.165, 1.54) is 6.07 Å². The molecule has 0 radical (unpaired) electrons. The van der Waals surface area contributed by atoms with Crippen molar-refractivity contribution >= 4 is 34.8 Å². The molecule has 1 saturated heterocycles. The molecule has 0 spiro atoms. The van der Waals surface area contributed by atoms with Gasteiger partial charge in [-0.15, -0.1) is 0 Å². The number of carbonyl (C=O) groups is 1. The largest absolute Gasteiger partial charge is 0.498 e. The van der Waals surface area contributed by atoms with E-state index in [0.29, 0.717) is 0 Å². The molecular weight excluding hydrogens is 333 g/mol. The third-order valence-electron chi connectivity index (χ3n) is 3.85. The molecule has 1 aromatic carbocycles. The Hall–Kier alpha value is -0.785. The summed E-state index contributed by atoms with van der Waals surface area (Å²) in [5.41, 5.74) is -1.74. The van der Waals surface area contributed by atoms with E-state index in [1.54, 1.807) is 0 Å². The summed E-state index contributed by atoms with van der Waals surface area (Å²) in [6.07, 6.45) is 0.260. The van der Waals surface area contributed by atoms with E-state index in [1.807, 2.05) is 27.7 Å². The summed E-state index contributed by atoms with van der Waals surface area (Å²) in [6, 6.07) is 1.31. The van der Waals surface area contributed by atoms with Crippen molar-refractivity contribution in [2.75, 3.05) is 0 Å². The molecule has 1 aliphatic heterocycles. The highest BCUT2D eigenvalue weighted by Crippen LogP contribution is 2.37. The van der Waals surface area contributed by atoms with E-state index in [9.17, 15) is 13.6 Å². The van der Waals surface area contributed by atoms with E-state index in [0.717, 1.165) is 0 Å². The molecule has 1 fully saturated rings. The smallest absolute Gasteiger partial charge is 0.399 e. The summed E-state index contributed by atoms with van der Waals surface area (Å²) >= 11 is 3.05. The first kappa shape index (κ1) is 15.6. The number of halogens is 3. The van der Waals surface area contributed by atoms with Crippen molar-refractivity contribution < 1.29 is 22.9 Å². The van der Waals surface area contributed by atoms with Crippen LogP contribution in [-0.2, 0) is 9.31 Å². The van der Waals surface area contributed by atoms with Gasteiger partial charge in [-0.1, -0.05) is 0 Å². The van der Waals surface area contributed by atoms with E-state index >= 15 is 0 Å². The molecular formula is C13H14BBrF2O3. The highest BCUT2D eigenvalue weighted by Gasteiger charge is 2.52. The van der Waals surface area contributed by atoms with Crippen molar-refractivity contribution in [1.82, 2.24) is 0 Å². The van der Waals surface area contributed by atoms with E-state index in [-0.39, 0.29) is 21.8 Å². The lowest BCUT2D eigenvalue weighted by Gasteiger charge is -2.32. The Labute approximate surface area is 124 Å². The molecule has 20 heavy (non-hydrogen) atoms. The maximum absolute atomic E-state index is 14.1. The van der Waals surface area contributed by atoms with Gasteiger partial charge in [0.2, 0.25) is 0 Å². The zero-order chi connectivity index (χ0) is 15.3. The quantitative estimate of drug-likeness (QED) is 0.469. The monoisotopic (exact) mass is 346 g/mol. The summed E-state index contributed by atoms with van der Waals surface area (Å²) in [5.74, 6) is -2.34. The number of hydrogen-bond acceptors (Lipinski definition) is 3. The first-order valence-corrected chi connectivity index (χ1v) is 6.88. The Bertz CT molecular complexity index is 559. The number of aldehydes is 1. The molecule has 0 amide bonds. The molecule has 7 heteroatoms.